The van der Waals surface area contributed by atoms with E-state index in [0.717, 1.165) is 18.7 Å². The number of hydrogen-bond donors (Lipinski definition) is 0. The van der Waals surface area contributed by atoms with Crippen molar-refractivity contribution in [3.05, 3.63) is 42.0 Å². The van der Waals surface area contributed by atoms with Crippen LogP contribution in [0.15, 0.2) is 41.4 Å². The maximum atomic E-state index is 10.3. The molecule has 4 heteroatoms. The molecule has 84 valence electrons. The van der Waals surface area contributed by atoms with Crippen LogP contribution in [0.2, 0.25) is 0 Å². The van der Waals surface area contributed by atoms with Gasteiger partial charge in [0.15, 0.2) is 6.40 Å². The second-order valence-electron chi connectivity index (χ2n) is 2.93. The summed E-state index contributed by atoms with van der Waals surface area (Å²) in [4.78, 5) is 14.0. The maximum absolute atomic E-state index is 10.3. The van der Waals surface area contributed by atoms with Gasteiger partial charge in [0.1, 0.15) is 6.61 Å². The number of allylic oxidation sites excluding steroid dienone is 1. The highest BCUT2D eigenvalue weighted by Gasteiger charge is 1.86. The van der Waals surface area contributed by atoms with E-state index >= 15 is 0 Å². The predicted octanol–water partition coefficient (Wildman–Crippen LogP) is 2.51. The molecular weight excluding hydrogens is 226 g/mol. The summed E-state index contributed by atoms with van der Waals surface area (Å²) in [6, 6.07) is 9.52. The molecular formula is C12H12ClNO2. The Bertz CT molecular complexity index is 368. The number of aliphatic imine (C=N–C) groups is 1. The molecule has 0 aliphatic carbocycles. The fourth-order valence-corrected chi connectivity index (χ4v) is 1.05. The maximum Gasteiger partial charge on any atom is 0.245 e. The summed E-state index contributed by atoms with van der Waals surface area (Å²) in [5, 5.41) is -0.450. The average molecular weight is 238 g/mol. The van der Waals surface area contributed by atoms with E-state index in [1.165, 1.54) is 12.5 Å². The van der Waals surface area contributed by atoms with Gasteiger partial charge >= 0.3 is 0 Å². The summed E-state index contributed by atoms with van der Waals surface area (Å²) in [7, 11) is 0. The summed E-state index contributed by atoms with van der Waals surface area (Å²) in [6.45, 7) is 1.62. The minimum atomic E-state index is -0.450. The zero-order chi connectivity index (χ0) is 11.6. The molecule has 0 atom stereocenters. The Morgan fingerprint density at radius 2 is 2.12 bits per heavy atom. The Balaban J connectivity index is 0.000000212. The molecule has 1 aliphatic rings. The molecule has 0 saturated heterocycles. The van der Waals surface area contributed by atoms with Gasteiger partial charge in [-0.25, -0.2) is 0 Å². The highest BCUT2D eigenvalue weighted by Crippen LogP contribution is 2.01. The van der Waals surface area contributed by atoms with Gasteiger partial charge in [0, 0.05) is 0 Å². The van der Waals surface area contributed by atoms with Crippen LogP contribution in [0.4, 0.5) is 0 Å². The molecule has 0 aromatic heterocycles. The van der Waals surface area contributed by atoms with Crippen molar-refractivity contribution in [3.8, 4) is 0 Å². The van der Waals surface area contributed by atoms with Crippen molar-refractivity contribution in [1.29, 1.82) is 0 Å². The summed E-state index contributed by atoms with van der Waals surface area (Å²) >= 11 is 5.10. The zero-order valence-electron chi connectivity index (χ0n) is 8.67. The molecule has 16 heavy (non-hydrogen) atoms. The molecule has 0 spiro atoms. The summed E-state index contributed by atoms with van der Waals surface area (Å²) in [5.41, 5.74) is 0.974. The first-order valence-corrected chi connectivity index (χ1v) is 5.19. The highest BCUT2D eigenvalue weighted by molar-refractivity contribution is 6.66. The Morgan fingerprint density at radius 3 is 2.56 bits per heavy atom. The second kappa shape index (κ2) is 7.65. The number of ether oxygens (including phenoxy) is 1. The second-order valence-corrected chi connectivity index (χ2v) is 3.30. The van der Waals surface area contributed by atoms with Crippen LogP contribution < -0.4 is 0 Å². The quantitative estimate of drug-likeness (QED) is 0.586. The lowest BCUT2D eigenvalue weighted by atomic mass is 10.2. The molecule has 0 N–H and O–H groups in total. The van der Waals surface area contributed by atoms with E-state index in [4.69, 9.17) is 11.6 Å². The van der Waals surface area contributed by atoms with Crippen molar-refractivity contribution in [1.82, 2.24) is 0 Å². The number of halogens is 1. The van der Waals surface area contributed by atoms with E-state index in [9.17, 15) is 4.79 Å². The van der Waals surface area contributed by atoms with E-state index in [1.807, 2.05) is 30.3 Å². The van der Waals surface area contributed by atoms with E-state index in [0.29, 0.717) is 0 Å². The van der Waals surface area contributed by atoms with Crippen LogP contribution in [0.3, 0.4) is 0 Å². The van der Waals surface area contributed by atoms with E-state index < -0.39 is 5.24 Å². The van der Waals surface area contributed by atoms with Crippen LogP contribution in [0.25, 0.3) is 6.08 Å². The predicted molar refractivity (Wildman–Crippen MR) is 65.6 cm³/mol. The van der Waals surface area contributed by atoms with Gasteiger partial charge in [-0.05, 0) is 23.2 Å². The lowest BCUT2D eigenvalue weighted by molar-refractivity contribution is -0.107. The Kier molecular flexibility index (Phi) is 5.96. The lowest BCUT2D eigenvalue weighted by Gasteiger charge is -1.87. The number of carbonyl (C=O) groups excluding carboxylic acids is 1. The molecule has 2 rings (SSSR count). The van der Waals surface area contributed by atoms with E-state index in [2.05, 4.69) is 9.73 Å². The Morgan fingerprint density at radius 1 is 1.38 bits per heavy atom. The third-order valence-corrected chi connectivity index (χ3v) is 1.82. The van der Waals surface area contributed by atoms with Crippen molar-refractivity contribution >= 4 is 29.3 Å². The molecule has 0 unspecified atom stereocenters. The van der Waals surface area contributed by atoms with Gasteiger partial charge in [-0.15, -0.1) is 0 Å². The number of nitrogens with zero attached hydrogens (tertiary/aromatic N) is 1. The average Bonchev–Trinajstić information content (AvgIpc) is 2.86. The van der Waals surface area contributed by atoms with Crippen LogP contribution in [0, 0.1) is 0 Å². The number of rotatable bonds is 2. The van der Waals surface area contributed by atoms with Crippen molar-refractivity contribution in [2.75, 3.05) is 13.2 Å². The van der Waals surface area contributed by atoms with E-state index in [1.54, 1.807) is 6.08 Å². The van der Waals surface area contributed by atoms with Gasteiger partial charge in [0.25, 0.3) is 0 Å². The molecule has 1 aromatic rings. The fourth-order valence-electron chi connectivity index (χ4n) is 0.989. The number of carbonyl (C=O) groups is 1. The van der Waals surface area contributed by atoms with Crippen LogP contribution in [0.5, 0.6) is 0 Å². The normalized spacial score (nSPS) is 13.1. The molecule has 0 amide bonds. The molecule has 1 aliphatic heterocycles. The number of benzene rings is 1. The molecule has 0 radical (unpaired) electrons. The van der Waals surface area contributed by atoms with Gasteiger partial charge < -0.3 is 4.74 Å². The molecule has 1 heterocycles. The standard InChI is InChI=1S/C9H7ClO.C3H5NO/c10-9(11)7-6-8-4-2-1-3-5-8;1-2-5-3-4-1/h1-7H;3H,1-2H2. The van der Waals surface area contributed by atoms with Crippen LogP contribution in [-0.2, 0) is 9.53 Å². The number of hydrogen-bond acceptors (Lipinski definition) is 3. The Hall–Kier alpha value is -1.61. The zero-order valence-corrected chi connectivity index (χ0v) is 9.43. The monoisotopic (exact) mass is 237 g/mol. The third kappa shape index (κ3) is 5.98. The molecule has 1 aromatic carbocycles. The first-order valence-electron chi connectivity index (χ1n) is 4.81. The van der Waals surface area contributed by atoms with Crippen molar-refractivity contribution < 1.29 is 9.53 Å². The fraction of sp³-hybridized carbons (Fsp3) is 0.167. The van der Waals surface area contributed by atoms with Gasteiger partial charge in [-0.1, -0.05) is 36.4 Å². The lowest BCUT2D eigenvalue weighted by Crippen LogP contribution is -1.80. The molecule has 0 saturated carbocycles. The van der Waals surface area contributed by atoms with Gasteiger partial charge in [0.05, 0.1) is 6.54 Å². The largest absolute Gasteiger partial charge is 0.482 e. The van der Waals surface area contributed by atoms with Crippen LogP contribution in [-0.4, -0.2) is 24.8 Å². The minimum Gasteiger partial charge on any atom is -0.482 e. The molecule has 0 fully saturated rings. The van der Waals surface area contributed by atoms with E-state index in [-0.39, 0.29) is 0 Å². The van der Waals surface area contributed by atoms with Crippen molar-refractivity contribution in [2.45, 2.75) is 0 Å². The first kappa shape index (κ1) is 12.5. The summed E-state index contributed by atoms with van der Waals surface area (Å²) < 4.78 is 4.65. The van der Waals surface area contributed by atoms with Crippen molar-refractivity contribution in [3.63, 3.8) is 0 Å². The summed E-state index contributed by atoms with van der Waals surface area (Å²) in [5.74, 6) is 0. The topological polar surface area (TPSA) is 38.7 Å². The smallest absolute Gasteiger partial charge is 0.245 e. The molecule has 3 nitrogen and oxygen atoms in total. The van der Waals surface area contributed by atoms with Crippen molar-refractivity contribution in [2.24, 2.45) is 4.99 Å². The van der Waals surface area contributed by atoms with Gasteiger partial charge in [0.2, 0.25) is 5.24 Å². The highest BCUT2D eigenvalue weighted by atomic mass is 35.5. The SMILES string of the molecule is C1=NCCO1.O=C(Cl)C=Cc1ccccc1. The minimum absolute atomic E-state index is 0.450. The third-order valence-electron chi connectivity index (χ3n) is 1.69. The van der Waals surface area contributed by atoms with Gasteiger partial charge in [-0.3, -0.25) is 9.79 Å². The van der Waals surface area contributed by atoms with Gasteiger partial charge in [-0.2, -0.15) is 0 Å². The van der Waals surface area contributed by atoms with Crippen LogP contribution in [0.1, 0.15) is 5.56 Å². The van der Waals surface area contributed by atoms with Crippen LogP contribution >= 0.6 is 11.6 Å². The summed E-state index contributed by atoms with van der Waals surface area (Å²) in [6.07, 6.45) is 4.49. The Labute approximate surface area is 99.4 Å². The first-order chi connectivity index (χ1) is 7.79. The molecule has 0 bridgehead atoms.